The first-order valence-corrected chi connectivity index (χ1v) is 8.65. The molecule has 3 rings (SSSR count). The predicted molar refractivity (Wildman–Crippen MR) is 106 cm³/mol. The fraction of sp³-hybridized carbons (Fsp3) is 0.182. The van der Waals surface area contributed by atoms with Crippen LogP contribution in [0.2, 0.25) is 0 Å². The molecule has 0 fully saturated rings. The first kappa shape index (κ1) is 17.5. The fourth-order valence-electron chi connectivity index (χ4n) is 2.87. The Bertz CT molecular complexity index is 1040. The summed E-state index contributed by atoms with van der Waals surface area (Å²) in [6, 6.07) is 17.0. The zero-order valence-electron chi connectivity index (χ0n) is 14.9. The molecule has 2 aromatic carbocycles. The lowest BCUT2D eigenvalue weighted by atomic mass is 10.1. The average Bonchev–Trinajstić information content (AvgIpc) is 2.67. The molecule has 0 saturated heterocycles. The van der Waals surface area contributed by atoms with Gasteiger partial charge in [-0.3, -0.25) is 0 Å². The Hall–Kier alpha value is -3.32. The summed E-state index contributed by atoms with van der Waals surface area (Å²) in [4.78, 5) is 14.5. The van der Waals surface area contributed by atoms with E-state index in [1.807, 2.05) is 42.5 Å². The van der Waals surface area contributed by atoms with E-state index in [2.05, 4.69) is 24.8 Å². The number of rotatable bonds is 5. The number of hydrogen-bond acceptors (Lipinski definition) is 4. The van der Waals surface area contributed by atoms with E-state index in [4.69, 9.17) is 9.68 Å². The molecule has 0 bridgehead atoms. The molecule has 0 N–H and O–H groups in total. The second-order valence-corrected chi connectivity index (χ2v) is 5.95. The number of anilines is 1. The zero-order valence-corrected chi connectivity index (χ0v) is 14.9. The van der Waals surface area contributed by atoms with Crippen LogP contribution in [0, 0.1) is 11.3 Å². The molecule has 26 heavy (non-hydrogen) atoms. The highest BCUT2D eigenvalue weighted by atomic mass is 16.4. The highest BCUT2D eigenvalue weighted by Gasteiger charge is 2.07. The van der Waals surface area contributed by atoms with E-state index in [0.29, 0.717) is 16.7 Å². The molecule has 3 aromatic rings. The first-order valence-electron chi connectivity index (χ1n) is 8.65. The second-order valence-electron chi connectivity index (χ2n) is 5.95. The molecule has 1 heterocycles. The highest BCUT2D eigenvalue weighted by Crippen LogP contribution is 2.22. The molecule has 0 aliphatic carbocycles. The molecular weight excluding hydrogens is 324 g/mol. The Kier molecular flexibility index (Phi) is 5.19. The Morgan fingerprint density at radius 2 is 1.77 bits per heavy atom. The van der Waals surface area contributed by atoms with Crippen LogP contribution < -0.4 is 10.5 Å². The topological polar surface area (TPSA) is 57.2 Å². The van der Waals surface area contributed by atoms with Crippen LogP contribution in [0.1, 0.15) is 30.5 Å². The molecule has 0 aliphatic heterocycles. The SMILES string of the molecule is CCN(CC)c1ccc2cc(/C=C/c3ccc(C#N)cc3)c(=O)oc2c1. The minimum atomic E-state index is -0.362. The molecule has 0 saturated carbocycles. The third-order valence-electron chi connectivity index (χ3n) is 4.37. The third kappa shape index (κ3) is 3.68. The summed E-state index contributed by atoms with van der Waals surface area (Å²) in [7, 11) is 0. The summed E-state index contributed by atoms with van der Waals surface area (Å²) < 4.78 is 5.52. The van der Waals surface area contributed by atoms with Crippen LogP contribution in [0.15, 0.2) is 57.7 Å². The minimum absolute atomic E-state index is 0.362. The van der Waals surface area contributed by atoms with Crippen LogP contribution in [0.25, 0.3) is 23.1 Å². The maximum Gasteiger partial charge on any atom is 0.343 e. The van der Waals surface area contributed by atoms with Gasteiger partial charge in [-0.1, -0.05) is 18.2 Å². The second kappa shape index (κ2) is 7.71. The van der Waals surface area contributed by atoms with Crippen molar-refractivity contribution in [1.82, 2.24) is 0 Å². The lowest BCUT2D eigenvalue weighted by Crippen LogP contribution is -2.21. The summed E-state index contributed by atoms with van der Waals surface area (Å²) in [5.41, 5.74) is 3.30. The molecule has 0 spiro atoms. The van der Waals surface area contributed by atoms with Gasteiger partial charge in [-0.2, -0.15) is 5.26 Å². The van der Waals surface area contributed by atoms with E-state index in [1.54, 1.807) is 18.2 Å². The number of benzene rings is 2. The van der Waals surface area contributed by atoms with Crippen molar-refractivity contribution < 1.29 is 4.42 Å². The molecule has 4 nitrogen and oxygen atoms in total. The quantitative estimate of drug-likeness (QED) is 0.631. The molecule has 0 radical (unpaired) electrons. The van der Waals surface area contributed by atoms with Gasteiger partial charge < -0.3 is 9.32 Å². The minimum Gasteiger partial charge on any atom is -0.422 e. The van der Waals surface area contributed by atoms with Crippen LogP contribution >= 0.6 is 0 Å². The van der Waals surface area contributed by atoms with Crippen molar-refractivity contribution in [3.05, 3.63) is 75.6 Å². The Balaban J connectivity index is 1.93. The van der Waals surface area contributed by atoms with Crippen molar-refractivity contribution in [3.63, 3.8) is 0 Å². The molecule has 1 aromatic heterocycles. The van der Waals surface area contributed by atoms with Gasteiger partial charge in [0.2, 0.25) is 0 Å². The number of nitrogens with zero attached hydrogens (tertiary/aromatic N) is 2. The molecule has 0 unspecified atom stereocenters. The van der Waals surface area contributed by atoms with Gasteiger partial charge in [0.15, 0.2) is 0 Å². The van der Waals surface area contributed by atoms with Gasteiger partial charge in [0.1, 0.15) is 5.58 Å². The maximum atomic E-state index is 12.3. The molecular formula is C22H20N2O2. The third-order valence-corrected chi connectivity index (χ3v) is 4.37. The molecule has 0 atom stereocenters. The summed E-state index contributed by atoms with van der Waals surface area (Å²) in [5.74, 6) is 0. The predicted octanol–water partition coefficient (Wildman–Crippen LogP) is 4.68. The van der Waals surface area contributed by atoms with Crippen LogP contribution in [0.4, 0.5) is 5.69 Å². The van der Waals surface area contributed by atoms with Crippen molar-refractivity contribution in [2.45, 2.75) is 13.8 Å². The van der Waals surface area contributed by atoms with Gasteiger partial charge in [0.05, 0.1) is 17.2 Å². The van der Waals surface area contributed by atoms with Crippen molar-refractivity contribution >= 4 is 28.8 Å². The number of hydrogen-bond donors (Lipinski definition) is 0. The smallest absolute Gasteiger partial charge is 0.343 e. The Labute approximate surface area is 152 Å². The lowest BCUT2D eigenvalue weighted by Gasteiger charge is -2.20. The number of nitriles is 1. The monoisotopic (exact) mass is 344 g/mol. The van der Waals surface area contributed by atoms with Crippen molar-refractivity contribution in [2.24, 2.45) is 0 Å². The maximum absolute atomic E-state index is 12.3. The van der Waals surface area contributed by atoms with Crippen LogP contribution in [0.3, 0.4) is 0 Å². The van der Waals surface area contributed by atoms with E-state index in [-0.39, 0.29) is 5.63 Å². The Morgan fingerprint density at radius 1 is 1.04 bits per heavy atom. The standard InChI is InChI=1S/C22H20N2O2/c1-3-24(4-2)20-12-11-18-13-19(22(25)26-21(18)14-20)10-9-16-5-7-17(15-23)8-6-16/h5-14H,3-4H2,1-2H3/b10-9+. The summed E-state index contributed by atoms with van der Waals surface area (Å²) >= 11 is 0. The van der Waals surface area contributed by atoms with Gasteiger partial charge in [-0.05, 0) is 55.8 Å². The van der Waals surface area contributed by atoms with Gasteiger partial charge >= 0.3 is 5.63 Å². The fourth-order valence-corrected chi connectivity index (χ4v) is 2.87. The largest absolute Gasteiger partial charge is 0.422 e. The van der Waals surface area contributed by atoms with Crippen LogP contribution in [0.5, 0.6) is 0 Å². The van der Waals surface area contributed by atoms with E-state index >= 15 is 0 Å². The van der Waals surface area contributed by atoms with Crippen molar-refractivity contribution in [1.29, 1.82) is 5.26 Å². The molecule has 0 aliphatic rings. The summed E-state index contributed by atoms with van der Waals surface area (Å²) in [6.45, 7) is 6.00. The molecule has 4 heteroatoms. The number of fused-ring (bicyclic) bond motifs is 1. The first-order chi connectivity index (χ1) is 12.6. The average molecular weight is 344 g/mol. The van der Waals surface area contributed by atoms with Crippen LogP contribution in [-0.2, 0) is 0 Å². The Morgan fingerprint density at radius 3 is 2.42 bits per heavy atom. The van der Waals surface area contributed by atoms with Gasteiger partial charge in [-0.15, -0.1) is 0 Å². The van der Waals surface area contributed by atoms with E-state index in [9.17, 15) is 4.79 Å². The van der Waals surface area contributed by atoms with Gasteiger partial charge in [-0.25, -0.2) is 4.79 Å². The normalized spacial score (nSPS) is 11.0. The molecule has 130 valence electrons. The van der Waals surface area contributed by atoms with E-state index in [1.165, 1.54) is 0 Å². The highest BCUT2D eigenvalue weighted by molar-refractivity contribution is 5.83. The van der Waals surface area contributed by atoms with Crippen molar-refractivity contribution in [2.75, 3.05) is 18.0 Å². The van der Waals surface area contributed by atoms with E-state index < -0.39 is 0 Å². The van der Waals surface area contributed by atoms with Gasteiger partial charge in [0.25, 0.3) is 0 Å². The molecule has 0 amide bonds. The summed E-state index contributed by atoms with van der Waals surface area (Å²) in [5, 5.41) is 9.72. The van der Waals surface area contributed by atoms with Crippen molar-refractivity contribution in [3.8, 4) is 6.07 Å². The van der Waals surface area contributed by atoms with Gasteiger partial charge in [0, 0.05) is 30.2 Å². The lowest BCUT2D eigenvalue weighted by molar-refractivity contribution is 0.559. The zero-order chi connectivity index (χ0) is 18.5. The van der Waals surface area contributed by atoms with Crippen LogP contribution in [-0.4, -0.2) is 13.1 Å². The summed E-state index contributed by atoms with van der Waals surface area (Å²) in [6.07, 6.45) is 3.58. The van der Waals surface area contributed by atoms with E-state index in [0.717, 1.165) is 29.7 Å².